The van der Waals surface area contributed by atoms with Gasteiger partial charge in [0.1, 0.15) is 5.78 Å². The van der Waals surface area contributed by atoms with E-state index in [0.717, 1.165) is 44.1 Å². The quantitative estimate of drug-likeness (QED) is 0.582. The van der Waals surface area contributed by atoms with Gasteiger partial charge in [0, 0.05) is 43.3 Å². The molecule has 2 heterocycles. The Bertz CT molecular complexity index is 959. The van der Waals surface area contributed by atoms with Crippen LogP contribution in [0.5, 0.6) is 11.5 Å². The van der Waals surface area contributed by atoms with E-state index >= 15 is 0 Å². The third kappa shape index (κ3) is 5.54. The fourth-order valence-corrected chi connectivity index (χ4v) is 4.89. The number of likely N-dealkylation sites (tertiary alicyclic amines) is 1. The second-order valence-electron chi connectivity index (χ2n) is 8.98. The van der Waals surface area contributed by atoms with Crippen molar-refractivity contribution >= 4 is 11.7 Å². The zero-order chi connectivity index (χ0) is 23.2. The number of methoxy groups -OCH3 is 2. The lowest BCUT2D eigenvalue weighted by Gasteiger charge is -2.30. The number of aromatic nitrogens is 2. The highest BCUT2D eigenvalue weighted by Gasteiger charge is 2.29. The monoisotopic (exact) mass is 455 g/mol. The first kappa shape index (κ1) is 23.3. The first-order valence-electron chi connectivity index (χ1n) is 12.0. The van der Waals surface area contributed by atoms with E-state index in [1.807, 2.05) is 23.1 Å². The summed E-state index contributed by atoms with van der Waals surface area (Å²) in [6.07, 6.45) is 7.75. The van der Waals surface area contributed by atoms with Crippen LogP contribution in [-0.2, 0) is 9.59 Å². The van der Waals surface area contributed by atoms with E-state index in [-0.39, 0.29) is 23.5 Å². The van der Waals surface area contributed by atoms with Crippen LogP contribution in [0.3, 0.4) is 0 Å². The predicted molar refractivity (Wildman–Crippen MR) is 122 cm³/mol. The molecule has 0 N–H and O–H groups in total. The molecule has 0 bridgehead atoms. The number of ketones is 1. The van der Waals surface area contributed by atoms with E-state index in [2.05, 4.69) is 10.1 Å². The topological polar surface area (TPSA) is 94.8 Å². The number of amides is 1. The van der Waals surface area contributed by atoms with Crippen molar-refractivity contribution in [3.63, 3.8) is 0 Å². The molecule has 0 radical (unpaired) electrons. The van der Waals surface area contributed by atoms with Crippen molar-refractivity contribution in [1.29, 1.82) is 0 Å². The average molecular weight is 456 g/mol. The van der Waals surface area contributed by atoms with E-state index in [0.29, 0.717) is 49.1 Å². The third-order valence-corrected chi connectivity index (χ3v) is 6.93. The molecule has 1 saturated carbocycles. The molecule has 0 unspecified atom stereocenters. The van der Waals surface area contributed by atoms with Gasteiger partial charge < -0.3 is 18.9 Å². The van der Waals surface area contributed by atoms with Crippen LogP contribution < -0.4 is 9.47 Å². The maximum absolute atomic E-state index is 12.6. The van der Waals surface area contributed by atoms with Crippen molar-refractivity contribution in [3.05, 3.63) is 24.1 Å². The number of Topliss-reactive ketones (excluding diaryl/α,β-unsaturated/α-hetero) is 1. The van der Waals surface area contributed by atoms with Crippen LogP contribution in [0.2, 0.25) is 0 Å². The molecule has 178 valence electrons. The molecule has 1 aliphatic heterocycles. The minimum absolute atomic E-state index is 0.0779. The van der Waals surface area contributed by atoms with Crippen molar-refractivity contribution in [2.45, 2.75) is 63.7 Å². The minimum atomic E-state index is 0.0779. The lowest BCUT2D eigenvalue weighted by Crippen LogP contribution is -2.38. The molecule has 2 fully saturated rings. The predicted octanol–water partition coefficient (Wildman–Crippen LogP) is 4.39. The molecule has 4 rings (SSSR count). The molecular weight excluding hydrogens is 422 g/mol. The van der Waals surface area contributed by atoms with Crippen LogP contribution in [0.1, 0.15) is 69.6 Å². The van der Waals surface area contributed by atoms with Crippen molar-refractivity contribution in [1.82, 2.24) is 15.0 Å². The number of piperidine rings is 1. The lowest BCUT2D eigenvalue weighted by atomic mass is 9.85. The Morgan fingerprint density at radius 1 is 1.00 bits per heavy atom. The number of carbonyl (C=O) groups excluding carboxylic acids is 2. The van der Waals surface area contributed by atoms with Gasteiger partial charge in [-0.3, -0.25) is 9.59 Å². The Morgan fingerprint density at radius 2 is 1.73 bits per heavy atom. The van der Waals surface area contributed by atoms with Crippen LogP contribution >= 0.6 is 0 Å². The van der Waals surface area contributed by atoms with Crippen molar-refractivity contribution < 1.29 is 23.6 Å². The molecule has 0 spiro atoms. The van der Waals surface area contributed by atoms with Crippen molar-refractivity contribution in [3.8, 4) is 22.9 Å². The number of hydrogen-bond acceptors (Lipinski definition) is 7. The van der Waals surface area contributed by atoms with Crippen LogP contribution in [0, 0.1) is 5.92 Å². The Kier molecular flexibility index (Phi) is 7.62. The van der Waals surface area contributed by atoms with Gasteiger partial charge in [-0.25, -0.2) is 0 Å². The zero-order valence-electron chi connectivity index (χ0n) is 19.5. The third-order valence-electron chi connectivity index (χ3n) is 6.93. The maximum Gasteiger partial charge on any atom is 0.230 e. The van der Waals surface area contributed by atoms with E-state index in [4.69, 9.17) is 14.0 Å². The molecule has 2 aromatic rings. The molecule has 1 aliphatic carbocycles. The van der Waals surface area contributed by atoms with Crippen LogP contribution in [0.15, 0.2) is 22.7 Å². The van der Waals surface area contributed by atoms with Gasteiger partial charge in [0.15, 0.2) is 11.5 Å². The fourth-order valence-electron chi connectivity index (χ4n) is 4.89. The molecule has 1 aromatic heterocycles. The smallest absolute Gasteiger partial charge is 0.230 e. The van der Waals surface area contributed by atoms with E-state index in [1.54, 1.807) is 14.2 Å². The summed E-state index contributed by atoms with van der Waals surface area (Å²) in [5.41, 5.74) is 0.790. The molecule has 1 aromatic carbocycles. The first-order chi connectivity index (χ1) is 16.1. The van der Waals surface area contributed by atoms with Gasteiger partial charge in [-0.15, -0.1) is 0 Å². The summed E-state index contributed by atoms with van der Waals surface area (Å²) in [5, 5.41) is 4.14. The van der Waals surface area contributed by atoms with Gasteiger partial charge in [0.2, 0.25) is 17.6 Å². The van der Waals surface area contributed by atoms with Gasteiger partial charge in [-0.2, -0.15) is 4.98 Å². The second kappa shape index (κ2) is 10.8. The Hall–Kier alpha value is -2.90. The summed E-state index contributed by atoms with van der Waals surface area (Å²) in [7, 11) is 3.18. The summed E-state index contributed by atoms with van der Waals surface area (Å²) < 4.78 is 16.2. The van der Waals surface area contributed by atoms with Gasteiger partial charge in [0.05, 0.1) is 14.2 Å². The summed E-state index contributed by atoms with van der Waals surface area (Å²) >= 11 is 0. The summed E-state index contributed by atoms with van der Waals surface area (Å²) in [6, 6.07) is 5.50. The number of benzene rings is 1. The molecular formula is C25H33N3O5. The minimum Gasteiger partial charge on any atom is -0.493 e. The van der Waals surface area contributed by atoms with E-state index in [1.165, 1.54) is 6.42 Å². The molecule has 1 saturated heterocycles. The van der Waals surface area contributed by atoms with E-state index in [9.17, 15) is 9.59 Å². The Labute approximate surface area is 194 Å². The molecule has 8 nitrogen and oxygen atoms in total. The van der Waals surface area contributed by atoms with Gasteiger partial charge >= 0.3 is 0 Å². The van der Waals surface area contributed by atoms with Gasteiger partial charge in [-0.1, -0.05) is 24.4 Å². The highest BCUT2D eigenvalue weighted by molar-refractivity contribution is 5.86. The normalized spacial score (nSPS) is 17.7. The highest BCUT2D eigenvalue weighted by atomic mass is 16.5. The number of hydrogen-bond donors (Lipinski definition) is 0. The zero-order valence-corrected chi connectivity index (χ0v) is 19.5. The van der Waals surface area contributed by atoms with Crippen LogP contribution in [0.25, 0.3) is 11.4 Å². The molecule has 33 heavy (non-hydrogen) atoms. The van der Waals surface area contributed by atoms with Crippen molar-refractivity contribution in [2.75, 3.05) is 27.3 Å². The molecule has 1 amide bonds. The summed E-state index contributed by atoms with van der Waals surface area (Å²) in [5.74, 6) is 3.00. The average Bonchev–Trinajstić information content (AvgIpc) is 3.37. The van der Waals surface area contributed by atoms with Crippen LogP contribution in [0.4, 0.5) is 0 Å². The van der Waals surface area contributed by atoms with Crippen molar-refractivity contribution in [2.24, 2.45) is 5.92 Å². The highest BCUT2D eigenvalue weighted by Crippen LogP contribution is 2.33. The largest absolute Gasteiger partial charge is 0.493 e. The Balaban J connectivity index is 1.28. The summed E-state index contributed by atoms with van der Waals surface area (Å²) in [6.45, 7) is 1.30. The lowest BCUT2D eigenvalue weighted by molar-refractivity contribution is -0.135. The standard InChI is InChI=1S/C25H33N3O5/c1-31-21-10-8-19(16-22(21)32-2)24-26-25(33-27-24)18-12-14-28(15-13-18)23(30)11-9-20(29)17-6-4-3-5-7-17/h8,10,16-18H,3-7,9,11-15H2,1-2H3. The van der Waals surface area contributed by atoms with E-state index < -0.39 is 0 Å². The maximum atomic E-state index is 12.6. The molecule has 2 aliphatic rings. The van der Waals surface area contributed by atoms with Crippen LogP contribution in [-0.4, -0.2) is 54.0 Å². The number of ether oxygens (including phenoxy) is 2. The fraction of sp³-hybridized carbons (Fsp3) is 0.600. The molecule has 8 heteroatoms. The number of rotatable bonds is 8. The Morgan fingerprint density at radius 3 is 2.42 bits per heavy atom. The SMILES string of the molecule is COc1ccc(-c2noc(C3CCN(C(=O)CCC(=O)C4CCCCC4)CC3)n2)cc1OC. The number of carbonyl (C=O) groups is 2. The number of nitrogens with zero attached hydrogens (tertiary/aromatic N) is 3. The molecule has 0 atom stereocenters. The summed E-state index contributed by atoms with van der Waals surface area (Å²) in [4.78, 5) is 31.5. The second-order valence-corrected chi connectivity index (χ2v) is 8.98. The van der Waals surface area contributed by atoms with Gasteiger partial charge in [-0.05, 0) is 43.9 Å². The van der Waals surface area contributed by atoms with Gasteiger partial charge in [0.25, 0.3) is 0 Å². The first-order valence-corrected chi connectivity index (χ1v) is 12.0.